The summed E-state index contributed by atoms with van der Waals surface area (Å²) in [6, 6.07) is 0. The standard InChI is InChI=1S/C36H55IN2O4/c1-31(2)26-11-12-35(6)27(33(26,4)21-23(28(31)40)29(41)38-17-20-39-18-7-8-19-39)10-9-24-25-22-32(3,37)13-15-36(25,30(42)43)16-14-34(24,35)5/h9,23,25-27H,7-8,10-22H2,1-6H3,(H,38,41)(H,42,43)/t23?,25-,26-,27?,32+,33-,34+,35+,36-/m0/s1. The van der Waals surface area contributed by atoms with Gasteiger partial charge in [-0.3, -0.25) is 14.4 Å². The molecule has 9 atom stereocenters. The summed E-state index contributed by atoms with van der Waals surface area (Å²) in [5.41, 5.74) is 0.0198. The molecule has 43 heavy (non-hydrogen) atoms. The zero-order valence-electron chi connectivity index (χ0n) is 27.5. The van der Waals surface area contributed by atoms with E-state index in [1.165, 1.54) is 18.4 Å². The Bertz CT molecular complexity index is 1220. The van der Waals surface area contributed by atoms with Crippen LogP contribution in [-0.2, 0) is 14.4 Å². The average molecular weight is 707 g/mol. The second-order valence-electron chi connectivity index (χ2n) is 17.1. The highest BCUT2D eigenvalue weighted by molar-refractivity contribution is 14.1. The monoisotopic (exact) mass is 706 g/mol. The number of carboxylic acid groups (broad SMARTS) is 1. The molecule has 1 amide bonds. The number of nitrogens with one attached hydrogen (secondary N) is 1. The number of carboxylic acids is 1. The fourth-order valence-electron chi connectivity index (χ4n) is 12.1. The number of hydrogen-bond acceptors (Lipinski definition) is 4. The Balaban J connectivity index is 1.32. The van der Waals surface area contributed by atoms with Gasteiger partial charge in [-0.05, 0) is 118 Å². The summed E-state index contributed by atoms with van der Waals surface area (Å²) in [5.74, 6) is -0.460. The van der Waals surface area contributed by atoms with Crippen LogP contribution >= 0.6 is 22.6 Å². The van der Waals surface area contributed by atoms with E-state index in [9.17, 15) is 19.5 Å². The third-order valence-corrected chi connectivity index (χ3v) is 15.7. The molecule has 2 N–H and O–H groups in total. The van der Waals surface area contributed by atoms with Gasteiger partial charge in [0.2, 0.25) is 5.91 Å². The number of carbonyl (C=O) groups excluding carboxylic acids is 2. The van der Waals surface area contributed by atoms with Gasteiger partial charge in [-0.2, -0.15) is 0 Å². The van der Waals surface area contributed by atoms with Gasteiger partial charge in [0, 0.05) is 21.9 Å². The Morgan fingerprint density at radius 2 is 1.65 bits per heavy atom. The van der Waals surface area contributed by atoms with Gasteiger partial charge in [-0.25, -0.2) is 0 Å². The van der Waals surface area contributed by atoms with Crippen molar-refractivity contribution >= 4 is 40.3 Å². The van der Waals surface area contributed by atoms with Crippen LogP contribution in [0, 0.1) is 50.7 Å². The van der Waals surface area contributed by atoms with Crippen molar-refractivity contribution < 1.29 is 19.5 Å². The van der Waals surface area contributed by atoms with Crippen molar-refractivity contribution in [1.29, 1.82) is 0 Å². The van der Waals surface area contributed by atoms with Crippen molar-refractivity contribution in [3.63, 3.8) is 0 Å². The molecule has 1 heterocycles. The third kappa shape index (κ3) is 4.65. The Hall–Kier alpha value is -0.960. The molecule has 5 fully saturated rings. The molecular formula is C36H55IN2O4. The number of likely N-dealkylation sites (tertiary alicyclic amines) is 1. The molecular weight excluding hydrogens is 651 g/mol. The maximum absolute atomic E-state index is 14.0. The number of carbonyl (C=O) groups is 3. The molecule has 6 aliphatic rings. The lowest BCUT2D eigenvalue weighted by atomic mass is 9.33. The topological polar surface area (TPSA) is 86.7 Å². The van der Waals surface area contributed by atoms with E-state index in [2.05, 4.69) is 80.4 Å². The van der Waals surface area contributed by atoms with Gasteiger partial charge in [0.15, 0.2) is 5.78 Å². The van der Waals surface area contributed by atoms with E-state index in [0.717, 1.165) is 71.0 Å². The van der Waals surface area contributed by atoms with E-state index in [1.807, 2.05) is 0 Å². The molecule has 5 aliphatic carbocycles. The first kappa shape index (κ1) is 32.0. The molecule has 0 aromatic carbocycles. The third-order valence-electron chi connectivity index (χ3n) is 14.8. The molecule has 2 unspecified atom stereocenters. The van der Waals surface area contributed by atoms with E-state index >= 15 is 0 Å². The Morgan fingerprint density at radius 3 is 2.33 bits per heavy atom. The van der Waals surface area contributed by atoms with Crippen molar-refractivity contribution in [2.75, 3.05) is 26.2 Å². The summed E-state index contributed by atoms with van der Waals surface area (Å²) >= 11 is 2.59. The van der Waals surface area contributed by atoms with E-state index in [-0.39, 0.29) is 43.2 Å². The van der Waals surface area contributed by atoms with Crippen LogP contribution in [0.1, 0.15) is 112 Å². The van der Waals surface area contributed by atoms with Crippen LogP contribution < -0.4 is 5.32 Å². The zero-order valence-corrected chi connectivity index (χ0v) is 29.6. The fraction of sp³-hybridized carbons (Fsp3) is 0.861. The minimum atomic E-state index is -0.641. The molecule has 240 valence electrons. The summed E-state index contributed by atoms with van der Waals surface area (Å²) < 4.78 is 0.116. The number of fused-ring (bicyclic) bond motifs is 7. The van der Waals surface area contributed by atoms with Gasteiger partial charge >= 0.3 is 5.97 Å². The summed E-state index contributed by atoms with van der Waals surface area (Å²) in [4.78, 5) is 43.1. The lowest BCUT2D eigenvalue weighted by Crippen LogP contribution is -2.66. The Morgan fingerprint density at radius 1 is 0.977 bits per heavy atom. The minimum absolute atomic E-state index is 0.000630. The number of nitrogens with zero attached hydrogens (tertiary/aromatic N) is 1. The lowest BCUT2D eigenvalue weighted by molar-refractivity contribution is -0.194. The molecule has 6 nitrogen and oxygen atoms in total. The molecule has 1 saturated heterocycles. The second kappa shape index (κ2) is 10.5. The first-order chi connectivity index (χ1) is 20.0. The highest BCUT2D eigenvalue weighted by atomic mass is 127. The van der Waals surface area contributed by atoms with Crippen LogP contribution in [0.25, 0.3) is 0 Å². The first-order valence-corrected chi connectivity index (χ1v) is 18.3. The SMILES string of the molecule is CC1(C)C(=O)C(C(=O)NCCN2CCCC2)C[C@]2(C)C3CC=C4[C@@H]5C[C@](C)(I)CC[C@]5(C(=O)O)CC[C@@]4(C)[C@]3(C)CC[C@@H]12. The number of Topliss-reactive ketones (excluding diaryl/α,β-unsaturated/α-hetero) is 1. The van der Waals surface area contributed by atoms with Crippen molar-refractivity contribution in [1.82, 2.24) is 10.2 Å². The van der Waals surface area contributed by atoms with Crippen molar-refractivity contribution in [2.24, 2.45) is 50.7 Å². The molecule has 7 heteroatoms. The highest BCUT2D eigenvalue weighted by Crippen LogP contribution is 2.75. The van der Waals surface area contributed by atoms with Gasteiger partial charge < -0.3 is 15.3 Å². The van der Waals surface area contributed by atoms with Crippen LogP contribution in [0.4, 0.5) is 0 Å². The average Bonchev–Trinajstić information content (AvgIpc) is 3.44. The first-order valence-electron chi connectivity index (χ1n) is 17.2. The van der Waals surface area contributed by atoms with E-state index < -0.39 is 22.7 Å². The summed E-state index contributed by atoms with van der Waals surface area (Å²) in [5, 5.41) is 13.8. The van der Waals surface area contributed by atoms with Crippen LogP contribution in [0.5, 0.6) is 0 Å². The van der Waals surface area contributed by atoms with Crippen LogP contribution in [0.3, 0.4) is 0 Å². The highest BCUT2D eigenvalue weighted by Gasteiger charge is 2.70. The van der Waals surface area contributed by atoms with E-state index in [4.69, 9.17) is 0 Å². The van der Waals surface area contributed by atoms with Gasteiger partial charge in [-0.1, -0.05) is 75.8 Å². The Kier molecular flexibility index (Phi) is 7.84. The lowest BCUT2D eigenvalue weighted by Gasteiger charge is -2.70. The number of amides is 1. The number of halogens is 1. The zero-order chi connectivity index (χ0) is 31.2. The second-order valence-corrected chi connectivity index (χ2v) is 19.7. The molecule has 0 radical (unpaired) electrons. The van der Waals surface area contributed by atoms with Gasteiger partial charge in [0.05, 0.1) is 11.3 Å². The predicted octanol–water partition coefficient (Wildman–Crippen LogP) is 7.05. The normalized spacial score (nSPS) is 47.4. The van der Waals surface area contributed by atoms with Crippen molar-refractivity contribution in [3.8, 4) is 0 Å². The quantitative estimate of drug-likeness (QED) is 0.139. The number of rotatable bonds is 5. The number of hydrogen-bond donors (Lipinski definition) is 2. The largest absolute Gasteiger partial charge is 0.481 e. The molecule has 6 rings (SSSR count). The van der Waals surface area contributed by atoms with Crippen LogP contribution in [0.2, 0.25) is 0 Å². The summed E-state index contributed by atoms with van der Waals surface area (Å²) in [7, 11) is 0. The molecule has 0 bridgehead atoms. The summed E-state index contributed by atoms with van der Waals surface area (Å²) in [6.07, 6.45) is 12.9. The number of ketones is 1. The molecule has 0 aromatic rings. The Labute approximate surface area is 273 Å². The smallest absolute Gasteiger partial charge is 0.310 e. The van der Waals surface area contributed by atoms with E-state index in [1.54, 1.807) is 0 Å². The molecule has 1 aliphatic heterocycles. The number of alkyl halides is 1. The minimum Gasteiger partial charge on any atom is -0.481 e. The molecule has 0 aromatic heterocycles. The summed E-state index contributed by atoms with van der Waals surface area (Å²) in [6.45, 7) is 17.6. The van der Waals surface area contributed by atoms with Crippen molar-refractivity contribution in [2.45, 2.75) is 116 Å². The molecule has 4 saturated carbocycles. The van der Waals surface area contributed by atoms with Gasteiger partial charge in [0.25, 0.3) is 0 Å². The molecule has 0 spiro atoms. The maximum Gasteiger partial charge on any atom is 0.310 e. The van der Waals surface area contributed by atoms with Gasteiger partial charge in [0.1, 0.15) is 0 Å². The van der Waals surface area contributed by atoms with E-state index in [0.29, 0.717) is 18.9 Å². The maximum atomic E-state index is 14.0. The van der Waals surface area contributed by atoms with Gasteiger partial charge in [-0.15, -0.1) is 0 Å². The fourth-order valence-corrected chi connectivity index (χ4v) is 12.8. The van der Waals surface area contributed by atoms with Crippen LogP contribution in [0.15, 0.2) is 11.6 Å². The predicted molar refractivity (Wildman–Crippen MR) is 178 cm³/mol. The van der Waals surface area contributed by atoms with Crippen molar-refractivity contribution in [3.05, 3.63) is 11.6 Å². The van der Waals surface area contributed by atoms with Crippen LogP contribution in [-0.4, -0.2) is 57.3 Å². The number of allylic oxidation sites excluding steroid dienone is 2. The number of aliphatic carboxylic acids is 1.